The molecule has 6 N–H and O–H groups in total. The lowest BCUT2D eigenvalue weighted by atomic mass is 10.0. The van der Waals surface area contributed by atoms with Crippen molar-refractivity contribution >= 4 is 32.6 Å². The summed E-state index contributed by atoms with van der Waals surface area (Å²) >= 11 is 1.75. The van der Waals surface area contributed by atoms with Crippen LogP contribution in [0.3, 0.4) is 0 Å². The van der Waals surface area contributed by atoms with Gasteiger partial charge in [-0.1, -0.05) is 60.7 Å². The van der Waals surface area contributed by atoms with Gasteiger partial charge in [0.1, 0.15) is 22.7 Å². The number of ether oxygens (including phenoxy) is 2. The number of benzene rings is 4. The van der Waals surface area contributed by atoms with Crippen LogP contribution in [0.1, 0.15) is 91.0 Å². The first-order valence-electron chi connectivity index (χ1n) is 21.8. The van der Waals surface area contributed by atoms with Gasteiger partial charge in [0.2, 0.25) is 0 Å². The molecule has 10 nitrogen and oxygen atoms in total. The van der Waals surface area contributed by atoms with Gasteiger partial charge in [0.05, 0.1) is 40.0 Å². The molecule has 2 aromatic heterocycles. The predicted molar refractivity (Wildman–Crippen MR) is 243 cm³/mol. The van der Waals surface area contributed by atoms with Crippen molar-refractivity contribution in [3.8, 4) is 5.75 Å². The van der Waals surface area contributed by atoms with Gasteiger partial charge in [-0.15, -0.1) is 11.3 Å². The van der Waals surface area contributed by atoms with E-state index in [2.05, 4.69) is 113 Å². The molecule has 314 valence electrons. The largest absolute Gasteiger partial charge is 0.494 e. The van der Waals surface area contributed by atoms with E-state index < -0.39 is 0 Å². The SMILES string of the molecule is CN1CCC(NC(c2cccc(OCCCCN)c2)c2nc3ccccc3[nH]2)CC1.CN1CCC(OC(c2cccc(CCCCN)c2)c2nc3ccccc3s2)CC1. The van der Waals surface area contributed by atoms with Crippen LogP contribution in [0.25, 0.3) is 21.3 Å². The Morgan fingerprint density at radius 3 is 2.20 bits per heavy atom. The summed E-state index contributed by atoms with van der Waals surface area (Å²) in [6.07, 6.45) is 9.83. The number of para-hydroxylation sites is 3. The molecule has 0 aliphatic carbocycles. The molecule has 2 saturated heterocycles. The standard InChI is InChI=1S/C24H33N5O.C24H31N3OS/c1-29-14-11-19(12-15-29)26-23(24-27-21-9-2-3-10-22(21)28-24)18-7-6-8-20(17-18)30-16-5-4-13-25;1-27-15-12-20(13-16-27)28-23(24-26-21-10-2-3-11-22(21)29-24)19-9-6-8-18(17-19)7-4-5-14-25/h2-3,6-10,17,19,23,26H,4-5,11-16,25H2,1H3,(H,27,28);2-3,6,8-11,17,20,23H,4-5,7,12-16,25H2,1H3. The molecule has 4 heterocycles. The number of aromatic amines is 1. The van der Waals surface area contributed by atoms with Crippen molar-refractivity contribution in [1.82, 2.24) is 30.1 Å². The molecule has 0 bridgehead atoms. The van der Waals surface area contributed by atoms with Gasteiger partial charge in [0, 0.05) is 19.1 Å². The summed E-state index contributed by atoms with van der Waals surface area (Å²) in [7, 11) is 4.38. The van der Waals surface area contributed by atoms with E-state index >= 15 is 0 Å². The molecule has 59 heavy (non-hydrogen) atoms. The van der Waals surface area contributed by atoms with Crippen LogP contribution in [0, 0.1) is 0 Å². The maximum atomic E-state index is 6.72. The van der Waals surface area contributed by atoms with Crippen LogP contribution in [-0.4, -0.2) is 96.9 Å². The fourth-order valence-corrected chi connectivity index (χ4v) is 9.09. The maximum Gasteiger partial charge on any atom is 0.134 e. The number of piperidine rings is 2. The van der Waals surface area contributed by atoms with Gasteiger partial charge in [-0.2, -0.15) is 0 Å². The number of rotatable bonds is 17. The highest BCUT2D eigenvalue weighted by molar-refractivity contribution is 7.18. The van der Waals surface area contributed by atoms with Crippen molar-refractivity contribution < 1.29 is 9.47 Å². The highest BCUT2D eigenvalue weighted by Gasteiger charge is 2.27. The highest BCUT2D eigenvalue weighted by Crippen LogP contribution is 2.35. The molecule has 2 aliphatic heterocycles. The van der Waals surface area contributed by atoms with Crippen LogP contribution in [0.15, 0.2) is 97.1 Å². The normalized spacial score (nSPS) is 16.9. The van der Waals surface area contributed by atoms with Gasteiger partial charge >= 0.3 is 0 Å². The van der Waals surface area contributed by atoms with Crippen LogP contribution in [0.4, 0.5) is 0 Å². The summed E-state index contributed by atoms with van der Waals surface area (Å²) in [5.74, 6) is 1.85. The van der Waals surface area contributed by atoms with Crippen molar-refractivity contribution in [3.05, 3.63) is 125 Å². The third-order valence-corrected chi connectivity index (χ3v) is 12.6. The molecule has 4 aromatic carbocycles. The Hall–Kier alpha value is -4.20. The zero-order valence-electron chi connectivity index (χ0n) is 35.0. The number of fused-ring (bicyclic) bond motifs is 2. The monoisotopic (exact) mass is 816 g/mol. The van der Waals surface area contributed by atoms with Crippen LogP contribution in [0.5, 0.6) is 5.75 Å². The quantitative estimate of drug-likeness (QED) is 0.0673. The second-order valence-corrected chi connectivity index (χ2v) is 17.3. The van der Waals surface area contributed by atoms with E-state index in [1.54, 1.807) is 11.3 Å². The van der Waals surface area contributed by atoms with Gasteiger partial charge in [0.15, 0.2) is 0 Å². The summed E-state index contributed by atoms with van der Waals surface area (Å²) < 4.78 is 13.9. The molecular weight excluding hydrogens is 753 g/mol. The topological polar surface area (TPSA) is 131 Å². The van der Waals surface area contributed by atoms with E-state index in [0.29, 0.717) is 19.2 Å². The fraction of sp³-hybridized carbons (Fsp3) is 0.458. The number of thiazole rings is 1. The zero-order chi connectivity index (χ0) is 40.8. The first kappa shape index (κ1) is 42.9. The van der Waals surface area contributed by atoms with Crippen molar-refractivity contribution in [3.63, 3.8) is 0 Å². The Labute approximate surface area is 354 Å². The summed E-state index contributed by atoms with van der Waals surface area (Å²) in [4.78, 5) is 18.2. The molecule has 0 spiro atoms. The molecular formula is C48H64N8O2S. The number of imidazole rings is 1. The lowest BCUT2D eigenvalue weighted by Gasteiger charge is -2.32. The number of aryl methyl sites for hydroxylation is 1. The molecule has 0 amide bonds. The lowest BCUT2D eigenvalue weighted by molar-refractivity contribution is -0.0234. The highest BCUT2D eigenvalue weighted by atomic mass is 32.1. The minimum Gasteiger partial charge on any atom is -0.494 e. The summed E-state index contributed by atoms with van der Waals surface area (Å²) in [5.41, 5.74) is 18.1. The number of likely N-dealkylation sites (tertiary alicyclic amines) is 2. The summed E-state index contributed by atoms with van der Waals surface area (Å²) in [5, 5.41) is 4.94. The van der Waals surface area contributed by atoms with Gasteiger partial charge in [-0.05, 0) is 151 Å². The molecule has 6 aromatic rings. The Balaban J connectivity index is 0.000000179. The number of hydrogen-bond donors (Lipinski definition) is 4. The van der Waals surface area contributed by atoms with E-state index in [1.165, 1.54) is 21.4 Å². The van der Waals surface area contributed by atoms with Crippen LogP contribution < -0.4 is 21.5 Å². The van der Waals surface area contributed by atoms with Crippen molar-refractivity contribution in [2.24, 2.45) is 11.5 Å². The summed E-state index contributed by atoms with van der Waals surface area (Å²) in [6, 6.07) is 34.3. The number of nitrogens with two attached hydrogens (primary N) is 2. The molecule has 2 fully saturated rings. The Morgan fingerprint density at radius 2 is 1.44 bits per heavy atom. The Bertz CT molecular complexity index is 2090. The predicted octanol–water partition coefficient (Wildman–Crippen LogP) is 8.23. The van der Waals surface area contributed by atoms with E-state index in [-0.39, 0.29) is 18.2 Å². The molecule has 8 rings (SSSR count). The second kappa shape index (κ2) is 21.9. The van der Waals surface area contributed by atoms with E-state index in [0.717, 1.165) is 124 Å². The van der Waals surface area contributed by atoms with Crippen molar-refractivity contribution in [1.29, 1.82) is 0 Å². The molecule has 2 unspecified atom stereocenters. The Morgan fingerprint density at radius 1 is 0.746 bits per heavy atom. The van der Waals surface area contributed by atoms with E-state index in [9.17, 15) is 0 Å². The number of unbranched alkanes of at least 4 members (excludes halogenated alkanes) is 2. The first-order chi connectivity index (χ1) is 28.9. The molecule has 2 aliphatic rings. The molecule has 11 heteroatoms. The number of nitrogens with zero attached hydrogens (tertiary/aromatic N) is 4. The lowest BCUT2D eigenvalue weighted by Crippen LogP contribution is -2.42. The average Bonchev–Trinajstić information content (AvgIpc) is 3.90. The van der Waals surface area contributed by atoms with Crippen LogP contribution >= 0.6 is 11.3 Å². The Kier molecular flexibility index (Phi) is 15.9. The minimum atomic E-state index is -0.102. The van der Waals surface area contributed by atoms with E-state index in [4.69, 9.17) is 30.9 Å². The van der Waals surface area contributed by atoms with E-state index in [1.807, 2.05) is 18.2 Å². The third-order valence-electron chi connectivity index (χ3n) is 11.6. The molecule has 2 atom stereocenters. The van der Waals surface area contributed by atoms with Crippen molar-refractivity contribution in [2.45, 2.75) is 82.1 Å². The van der Waals surface area contributed by atoms with Crippen LogP contribution in [0.2, 0.25) is 0 Å². The van der Waals surface area contributed by atoms with Crippen LogP contribution in [-0.2, 0) is 11.2 Å². The van der Waals surface area contributed by atoms with Gasteiger partial charge in [-0.3, -0.25) is 0 Å². The van der Waals surface area contributed by atoms with Gasteiger partial charge in [-0.25, -0.2) is 9.97 Å². The maximum absolute atomic E-state index is 6.72. The zero-order valence-corrected chi connectivity index (χ0v) is 35.8. The first-order valence-corrected chi connectivity index (χ1v) is 22.6. The van der Waals surface area contributed by atoms with Gasteiger partial charge < -0.3 is 41.0 Å². The number of nitrogens with one attached hydrogen (secondary N) is 2. The minimum absolute atomic E-state index is 0.00148. The van der Waals surface area contributed by atoms with Crippen molar-refractivity contribution in [2.75, 3.05) is 60.0 Å². The smallest absolute Gasteiger partial charge is 0.134 e. The number of H-pyrrole nitrogens is 1. The summed E-state index contributed by atoms with van der Waals surface area (Å²) in [6.45, 7) is 6.58. The number of aromatic nitrogens is 3. The third kappa shape index (κ3) is 12.2. The average molecular weight is 817 g/mol. The number of hydrogen-bond acceptors (Lipinski definition) is 10. The molecule has 0 saturated carbocycles. The fourth-order valence-electron chi connectivity index (χ4n) is 8.05. The molecule has 0 radical (unpaired) electrons. The second-order valence-electron chi connectivity index (χ2n) is 16.3. The van der Waals surface area contributed by atoms with Gasteiger partial charge in [0.25, 0.3) is 0 Å².